The molecule has 118 valence electrons. The molecular weight excluding hydrogens is 294 g/mol. The zero-order valence-electron chi connectivity index (χ0n) is 12.9. The number of thiazole rings is 1. The van der Waals surface area contributed by atoms with Crippen molar-refractivity contribution in [3.05, 3.63) is 29.6 Å². The third-order valence-corrected chi connectivity index (χ3v) is 5.18. The van der Waals surface area contributed by atoms with Gasteiger partial charge < -0.3 is 15.8 Å². The molecule has 0 amide bonds. The Morgan fingerprint density at radius 1 is 1.32 bits per heavy atom. The average molecular weight is 317 g/mol. The Morgan fingerprint density at radius 2 is 2.14 bits per heavy atom. The molecule has 1 aliphatic carbocycles. The van der Waals surface area contributed by atoms with E-state index >= 15 is 0 Å². The second-order valence-electron chi connectivity index (χ2n) is 5.77. The summed E-state index contributed by atoms with van der Waals surface area (Å²) in [5.41, 5.74) is 7.91. The number of aromatic nitrogens is 1. The number of methoxy groups -OCH3 is 1. The van der Waals surface area contributed by atoms with Gasteiger partial charge in [0.2, 0.25) is 0 Å². The van der Waals surface area contributed by atoms with Crippen LogP contribution in [0, 0.1) is 5.92 Å². The maximum Gasteiger partial charge on any atom is 0.183 e. The number of hydrogen-bond donors (Lipinski definition) is 2. The molecular formula is C17H23N3OS. The van der Waals surface area contributed by atoms with E-state index in [1.807, 2.05) is 24.3 Å². The molecule has 0 radical (unpaired) electrons. The van der Waals surface area contributed by atoms with Gasteiger partial charge in [-0.2, -0.15) is 0 Å². The molecule has 0 spiro atoms. The summed E-state index contributed by atoms with van der Waals surface area (Å²) in [6, 6.07) is 8.45. The summed E-state index contributed by atoms with van der Waals surface area (Å²) in [5.74, 6) is 1.42. The lowest BCUT2D eigenvalue weighted by atomic mass is 9.85. The van der Waals surface area contributed by atoms with Crippen molar-refractivity contribution in [2.75, 3.05) is 19.0 Å². The lowest BCUT2D eigenvalue weighted by Gasteiger charge is -2.31. The van der Waals surface area contributed by atoms with Gasteiger partial charge >= 0.3 is 0 Å². The number of para-hydroxylation sites is 1. The molecule has 0 aliphatic heterocycles. The molecule has 2 unspecified atom stereocenters. The van der Waals surface area contributed by atoms with Crippen molar-refractivity contribution in [1.82, 2.24) is 4.98 Å². The molecule has 4 nitrogen and oxygen atoms in total. The Labute approximate surface area is 135 Å². The number of nitrogens with one attached hydrogen (secondary N) is 1. The zero-order valence-corrected chi connectivity index (χ0v) is 13.7. The van der Waals surface area contributed by atoms with Crippen LogP contribution in [0.3, 0.4) is 0 Å². The number of rotatable bonds is 5. The molecule has 2 aromatic rings. The molecule has 1 heterocycles. The molecule has 5 heteroatoms. The summed E-state index contributed by atoms with van der Waals surface area (Å²) < 4.78 is 5.42. The van der Waals surface area contributed by atoms with Crippen LogP contribution in [0.25, 0.3) is 11.3 Å². The summed E-state index contributed by atoms with van der Waals surface area (Å²) in [4.78, 5) is 4.74. The molecule has 0 saturated heterocycles. The molecule has 22 heavy (non-hydrogen) atoms. The number of anilines is 1. The predicted octanol–water partition coefficient (Wildman–Crippen LogP) is 3.75. The fraction of sp³-hybridized carbons (Fsp3) is 0.471. The van der Waals surface area contributed by atoms with E-state index in [-0.39, 0.29) is 0 Å². The van der Waals surface area contributed by atoms with Gasteiger partial charge in [-0.3, -0.25) is 0 Å². The maximum absolute atomic E-state index is 5.91. The van der Waals surface area contributed by atoms with Crippen molar-refractivity contribution >= 4 is 16.5 Å². The minimum absolute atomic E-state index is 0.454. The lowest BCUT2D eigenvalue weighted by molar-refractivity contribution is 0.332. The highest BCUT2D eigenvalue weighted by atomic mass is 32.1. The van der Waals surface area contributed by atoms with E-state index in [4.69, 9.17) is 15.5 Å². The summed E-state index contributed by atoms with van der Waals surface area (Å²) in [6.45, 7) is 0.752. The maximum atomic E-state index is 5.91. The number of benzene rings is 1. The van der Waals surface area contributed by atoms with Gasteiger partial charge in [0.05, 0.1) is 12.8 Å². The third kappa shape index (κ3) is 3.25. The van der Waals surface area contributed by atoms with Crippen LogP contribution in [-0.2, 0) is 0 Å². The van der Waals surface area contributed by atoms with Gasteiger partial charge in [0, 0.05) is 17.0 Å². The third-order valence-electron chi connectivity index (χ3n) is 4.41. The van der Waals surface area contributed by atoms with E-state index in [1.165, 1.54) is 25.7 Å². The standard InChI is InChI=1S/C17H23N3OS/c1-21-16-9-5-3-7-13(16)15-11-22-17(20-15)19-14-8-4-2-6-12(14)10-18/h3,5,7,9,11-12,14H,2,4,6,8,10,18H2,1H3,(H,19,20). The first-order valence-electron chi connectivity index (χ1n) is 7.87. The van der Waals surface area contributed by atoms with Crippen molar-refractivity contribution in [3.8, 4) is 17.0 Å². The molecule has 1 aromatic heterocycles. The van der Waals surface area contributed by atoms with Gasteiger partial charge in [0.15, 0.2) is 5.13 Å². The van der Waals surface area contributed by atoms with E-state index in [1.54, 1.807) is 18.4 Å². The molecule has 1 saturated carbocycles. The first-order chi connectivity index (χ1) is 10.8. The topological polar surface area (TPSA) is 60.2 Å². The smallest absolute Gasteiger partial charge is 0.183 e. The van der Waals surface area contributed by atoms with E-state index < -0.39 is 0 Å². The molecule has 1 aromatic carbocycles. The fourth-order valence-corrected chi connectivity index (χ4v) is 3.93. The van der Waals surface area contributed by atoms with Crippen LogP contribution < -0.4 is 15.8 Å². The van der Waals surface area contributed by atoms with Gasteiger partial charge in [-0.05, 0) is 37.4 Å². The van der Waals surface area contributed by atoms with E-state index in [0.29, 0.717) is 12.0 Å². The number of ether oxygens (including phenoxy) is 1. The first-order valence-corrected chi connectivity index (χ1v) is 8.75. The van der Waals surface area contributed by atoms with Crippen LogP contribution >= 0.6 is 11.3 Å². The number of hydrogen-bond acceptors (Lipinski definition) is 5. The van der Waals surface area contributed by atoms with Crippen molar-refractivity contribution in [2.24, 2.45) is 11.7 Å². The molecule has 2 atom stereocenters. The average Bonchev–Trinajstić information content (AvgIpc) is 3.03. The van der Waals surface area contributed by atoms with Crippen LogP contribution in [0.2, 0.25) is 0 Å². The molecule has 3 N–H and O–H groups in total. The van der Waals surface area contributed by atoms with Crippen LogP contribution in [0.4, 0.5) is 5.13 Å². The number of nitrogens with two attached hydrogens (primary N) is 1. The zero-order chi connectivity index (χ0) is 15.4. The Hall–Kier alpha value is -1.59. The van der Waals surface area contributed by atoms with Gasteiger partial charge in [-0.25, -0.2) is 4.98 Å². The van der Waals surface area contributed by atoms with E-state index in [2.05, 4.69) is 10.7 Å². The van der Waals surface area contributed by atoms with Gasteiger partial charge in [0.25, 0.3) is 0 Å². The normalized spacial score (nSPS) is 21.5. The molecule has 3 rings (SSSR count). The molecule has 0 bridgehead atoms. The van der Waals surface area contributed by atoms with E-state index in [0.717, 1.165) is 28.7 Å². The Balaban J connectivity index is 1.76. The summed E-state index contributed by atoms with van der Waals surface area (Å²) in [5, 5.41) is 6.66. The van der Waals surface area contributed by atoms with Gasteiger partial charge in [0.1, 0.15) is 5.75 Å². The highest BCUT2D eigenvalue weighted by Gasteiger charge is 2.24. The van der Waals surface area contributed by atoms with Crippen LogP contribution in [-0.4, -0.2) is 24.7 Å². The largest absolute Gasteiger partial charge is 0.496 e. The summed E-state index contributed by atoms with van der Waals surface area (Å²) in [6.07, 6.45) is 4.98. The van der Waals surface area contributed by atoms with E-state index in [9.17, 15) is 0 Å². The van der Waals surface area contributed by atoms with Crippen molar-refractivity contribution in [3.63, 3.8) is 0 Å². The lowest BCUT2D eigenvalue weighted by Crippen LogP contribution is -2.36. The Bertz CT molecular complexity index is 613. The van der Waals surface area contributed by atoms with Gasteiger partial charge in [-0.15, -0.1) is 11.3 Å². The highest BCUT2D eigenvalue weighted by Crippen LogP contribution is 2.33. The minimum Gasteiger partial charge on any atom is -0.496 e. The quantitative estimate of drug-likeness (QED) is 0.882. The van der Waals surface area contributed by atoms with Crippen molar-refractivity contribution in [1.29, 1.82) is 0 Å². The Kier molecular flexibility index (Phi) is 4.95. The van der Waals surface area contributed by atoms with Crippen molar-refractivity contribution in [2.45, 2.75) is 31.7 Å². The summed E-state index contributed by atoms with van der Waals surface area (Å²) >= 11 is 1.65. The van der Waals surface area contributed by atoms with Crippen LogP contribution in [0.15, 0.2) is 29.6 Å². The first kappa shape index (κ1) is 15.3. The highest BCUT2D eigenvalue weighted by molar-refractivity contribution is 7.14. The SMILES string of the molecule is COc1ccccc1-c1csc(NC2CCCCC2CN)n1. The Morgan fingerprint density at radius 3 is 2.95 bits per heavy atom. The monoisotopic (exact) mass is 317 g/mol. The minimum atomic E-state index is 0.454. The predicted molar refractivity (Wildman–Crippen MR) is 92.5 cm³/mol. The summed E-state index contributed by atoms with van der Waals surface area (Å²) in [7, 11) is 1.69. The van der Waals surface area contributed by atoms with Gasteiger partial charge in [-0.1, -0.05) is 25.0 Å². The fourth-order valence-electron chi connectivity index (χ4n) is 3.16. The van der Waals surface area contributed by atoms with Crippen molar-refractivity contribution < 1.29 is 4.74 Å². The second kappa shape index (κ2) is 7.11. The second-order valence-corrected chi connectivity index (χ2v) is 6.63. The molecule has 1 aliphatic rings. The molecule has 1 fully saturated rings. The number of nitrogens with zero attached hydrogens (tertiary/aromatic N) is 1. The van der Waals surface area contributed by atoms with Crippen LogP contribution in [0.5, 0.6) is 5.75 Å². The van der Waals surface area contributed by atoms with Crippen LogP contribution in [0.1, 0.15) is 25.7 Å².